The number of benzene rings is 1. The van der Waals surface area contributed by atoms with E-state index in [0.717, 1.165) is 5.69 Å². The molecule has 0 atom stereocenters. The minimum Gasteiger partial charge on any atom is -0.383 e. The first-order valence-electron chi connectivity index (χ1n) is 4.98. The second-order valence-electron chi connectivity index (χ2n) is 3.14. The Morgan fingerprint density at radius 2 is 1.93 bits per heavy atom. The second kappa shape index (κ2) is 6.01. The quantitative estimate of drug-likeness (QED) is 0.727. The lowest BCUT2D eigenvalue weighted by Crippen LogP contribution is -2.27. The highest BCUT2D eigenvalue weighted by atomic mass is 19.1. The minimum atomic E-state index is -0.250. The van der Waals surface area contributed by atoms with Crippen molar-refractivity contribution < 1.29 is 9.18 Å². The fourth-order valence-electron chi connectivity index (χ4n) is 1.10. The summed E-state index contributed by atoms with van der Waals surface area (Å²) in [5.74, 6) is -0.212. The van der Waals surface area contributed by atoms with Crippen molar-refractivity contribution >= 4 is 11.6 Å². The van der Waals surface area contributed by atoms with E-state index in [1.54, 1.807) is 12.1 Å². The van der Waals surface area contributed by atoms with Gasteiger partial charge in [0.15, 0.2) is 0 Å². The van der Waals surface area contributed by atoms with E-state index in [1.165, 1.54) is 12.1 Å². The van der Waals surface area contributed by atoms with Crippen molar-refractivity contribution in [3.05, 3.63) is 30.1 Å². The number of carbonyl (C=O) groups is 1. The van der Waals surface area contributed by atoms with Crippen LogP contribution in [0, 0.1) is 5.82 Å². The number of anilines is 1. The Hall–Kier alpha value is -1.58. The second-order valence-corrected chi connectivity index (χ2v) is 3.14. The van der Waals surface area contributed by atoms with E-state index in [0.29, 0.717) is 19.5 Å². The zero-order chi connectivity index (χ0) is 11.1. The van der Waals surface area contributed by atoms with Gasteiger partial charge in [0.05, 0.1) is 0 Å². The van der Waals surface area contributed by atoms with Crippen molar-refractivity contribution in [1.29, 1.82) is 0 Å². The van der Waals surface area contributed by atoms with Crippen LogP contribution in [-0.2, 0) is 4.79 Å². The molecule has 0 fully saturated rings. The van der Waals surface area contributed by atoms with Crippen molar-refractivity contribution in [2.75, 3.05) is 18.4 Å². The third-order valence-electron chi connectivity index (χ3n) is 1.94. The number of carbonyl (C=O) groups excluding carboxylic acids is 1. The predicted octanol–water partition coefficient (Wildman–Crippen LogP) is 1.76. The van der Waals surface area contributed by atoms with Gasteiger partial charge in [0.2, 0.25) is 5.91 Å². The summed E-state index contributed by atoms with van der Waals surface area (Å²) in [6.07, 6.45) is 0.497. The Morgan fingerprint density at radius 1 is 1.27 bits per heavy atom. The molecule has 4 heteroatoms. The Bertz CT molecular complexity index is 311. The van der Waals surface area contributed by atoms with Gasteiger partial charge in [-0.2, -0.15) is 0 Å². The highest BCUT2D eigenvalue weighted by molar-refractivity contribution is 5.75. The molecular formula is C11H15FN2O. The van der Waals surface area contributed by atoms with Crippen LogP contribution < -0.4 is 10.6 Å². The first-order chi connectivity index (χ1) is 7.22. The van der Waals surface area contributed by atoms with Crippen LogP contribution in [0.25, 0.3) is 0 Å². The molecule has 0 heterocycles. The van der Waals surface area contributed by atoms with Gasteiger partial charge >= 0.3 is 0 Å². The highest BCUT2D eigenvalue weighted by Crippen LogP contribution is 2.06. The first kappa shape index (κ1) is 11.5. The van der Waals surface area contributed by atoms with Crippen LogP contribution in [0.1, 0.15) is 13.3 Å². The number of halogens is 1. The van der Waals surface area contributed by atoms with Gasteiger partial charge in [-0.15, -0.1) is 0 Å². The topological polar surface area (TPSA) is 41.1 Å². The molecule has 15 heavy (non-hydrogen) atoms. The van der Waals surface area contributed by atoms with Gasteiger partial charge in [-0.05, 0) is 24.3 Å². The Kier molecular flexibility index (Phi) is 4.60. The molecule has 0 aromatic heterocycles. The maximum atomic E-state index is 12.5. The predicted molar refractivity (Wildman–Crippen MR) is 58.2 cm³/mol. The van der Waals surface area contributed by atoms with E-state index in [9.17, 15) is 9.18 Å². The largest absolute Gasteiger partial charge is 0.383 e. The molecule has 0 aliphatic carbocycles. The number of hydrogen-bond donors (Lipinski definition) is 2. The smallest absolute Gasteiger partial charge is 0.219 e. The summed E-state index contributed by atoms with van der Waals surface area (Å²) in [5.41, 5.74) is 0.849. The molecule has 1 aromatic rings. The molecule has 0 saturated carbocycles. The van der Waals surface area contributed by atoms with Crippen molar-refractivity contribution in [3.8, 4) is 0 Å². The molecule has 0 spiro atoms. The molecule has 1 aromatic carbocycles. The van der Waals surface area contributed by atoms with Gasteiger partial charge in [0.25, 0.3) is 0 Å². The summed E-state index contributed by atoms with van der Waals surface area (Å²) >= 11 is 0. The van der Waals surface area contributed by atoms with Crippen LogP contribution in [0.15, 0.2) is 24.3 Å². The van der Waals surface area contributed by atoms with Crippen molar-refractivity contribution in [3.63, 3.8) is 0 Å². The molecule has 0 unspecified atom stereocenters. The molecule has 0 aliphatic heterocycles. The fourth-order valence-corrected chi connectivity index (χ4v) is 1.10. The van der Waals surface area contributed by atoms with Gasteiger partial charge in [0.1, 0.15) is 5.82 Å². The van der Waals surface area contributed by atoms with E-state index >= 15 is 0 Å². The highest BCUT2D eigenvalue weighted by Gasteiger charge is 1.95. The Morgan fingerprint density at radius 3 is 2.53 bits per heavy atom. The average Bonchev–Trinajstić information content (AvgIpc) is 2.26. The molecule has 0 bridgehead atoms. The van der Waals surface area contributed by atoms with Gasteiger partial charge in [-0.25, -0.2) is 4.39 Å². The summed E-state index contributed by atoms with van der Waals surface area (Å²) < 4.78 is 12.5. The molecule has 1 amide bonds. The number of nitrogens with one attached hydrogen (secondary N) is 2. The van der Waals surface area contributed by atoms with E-state index in [-0.39, 0.29) is 11.7 Å². The van der Waals surface area contributed by atoms with Gasteiger partial charge in [-0.1, -0.05) is 6.92 Å². The summed E-state index contributed by atoms with van der Waals surface area (Å²) in [6, 6.07) is 6.12. The average molecular weight is 210 g/mol. The summed E-state index contributed by atoms with van der Waals surface area (Å²) in [5, 5.41) is 5.81. The monoisotopic (exact) mass is 210 g/mol. The lowest BCUT2D eigenvalue weighted by atomic mass is 10.3. The SMILES string of the molecule is CCC(=O)NCCNc1ccc(F)cc1. The summed E-state index contributed by atoms with van der Waals surface area (Å²) in [7, 11) is 0. The standard InChI is InChI=1S/C11H15FN2O/c1-2-11(15)14-8-7-13-10-5-3-9(12)4-6-10/h3-6,13H,2,7-8H2,1H3,(H,14,15). The fraction of sp³-hybridized carbons (Fsp3) is 0.364. The van der Waals surface area contributed by atoms with Gasteiger partial charge < -0.3 is 10.6 Å². The number of hydrogen-bond acceptors (Lipinski definition) is 2. The Balaban J connectivity index is 2.20. The zero-order valence-electron chi connectivity index (χ0n) is 8.72. The summed E-state index contributed by atoms with van der Waals surface area (Å²) in [4.78, 5) is 10.9. The lowest BCUT2D eigenvalue weighted by molar-refractivity contribution is -0.120. The van der Waals surface area contributed by atoms with Crippen LogP contribution in [0.4, 0.5) is 10.1 Å². The van der Waals surface area contributed by atoms with E-state index in [4.69, 9.17) is 0 Å². The van der Waals surface area contributed by atoms with Crippen LogP contribution in [-0.4, -0.2) is 19.0 Å². The summed E-state index contributed by atoms with van der Waals surface area (Å²) in [6.45, 7) is 3.02. The third kappa shape index (κ3) is 4.44. The molecule has 2 N–H and O–H groups in total. The Labute approximate surface area is 88.7 Å². The number of rotatable bonds is 5. The van der Waals surface area contributed by atoms with Crippen molar-refractivity contribution in [2.24, 2.45) is 0 Å². The molecule has 0 saturated heterocycles. The van der Waals surface area contributed by atoms with Gasteiger partial charge in [-0.3, -0.25) is 4.79 Å². The van der Waals surface area contributed by atoms with Crippen molar-refractivity contribution in [1.82, 2.24) is 5.32 Å². The van der Waals surface area contributed by atoms with Crippen LogP contribution in [0.5, 0.6) is 0 Å². The maximum absolute atomic E-state index is 12.5. The molecular weight excluding hydrogens is 195 g/mol. The molecule has 0 radical (unpaired) electrons. The first-order valence-corrected chi connectivity index (χ1v) is 4.98. The van der Waals surface area contributed by atoms with Crippen molar-refractivity contribution in [2.45, 2.75) is 13.3 Å². The van der Waals surface area contributed by atoms with Crippen LogP contribution >= 0.6 is 0 Å². The maximum Gasteiger partial charge on any atom is 0.219 e. The lowest BCUT2D eigenvalue weighted by Gasteiger charge is -2.06. The molecule has 3 nitrogen and oxygen atoms in total. The number of amides is 1. The van der Waals surface area contributed by atoms with E-state index in [1.807, 2.05) is 6.92 Å². The van der Waals surface area contributed by atoms with Crippen LogP contribution in [0.2, 0.25) is 0 Å². The van der Waals surface area contributed by atoms with Gasteiger partial charge in [0, 0.05) is 25.2 Å². The molecule has 1 rings (SSSR count). The normalized spacial score (nSPS) is 9.73. The van der Waals surface area contributed by atoms with E-state index < -0.39 is 0 Å². The minimum absolute atomic E-state index is 0.0379. The van der Waals surface area contributed by atoms with Crippen LogP contribution in [0.3, 0.4) is 0 Å². The molecule has 0 aliphatic rings. The van der Waals surface area contributed by atoms with E-state index in [2.05, 4.69) is 10.6 Å². The third-order valence-corrected chi connectivity index (χ3v) is 1.94. The molecule has 82 valence electrons. The zero-order valence-corrected chi connectivity index (χ0v) is 8.72.